The number of nitrogens with zero attached hydrogens (tertiary/aromatic N) is 3. The number of pyridine rings is 1. The van der Waals surface area contributed by atoms with Crippen LogP contribution in [0.4, 0.5) is 4.39 Å². The van der Waals surface area contributed by atoms with E-state index >= 15 is 0 Å². The Hall–Kier alpha value is -3.82. The molecule has 1 amide bonds. The smallest absolute Gasteiger partial charge is 0.269 e. The van der Waals surface area contributed by atoms with Crippen molar-refractivity contribution in [3.05, 3.63) is 111 Å². The number of benzene rings is 2. The van der Waals surface area contributed by atoms with Crippen LogP contribution in [0.1, 0.15) is 11.1 Å². The number of rotatable bonds is 5. The van der Waals surface area contributed by atoms with E-state index in [2.05, 4.69) is 4.98 Å². The van der Waals surface area contributed by atoms with Gasteiger partial charge in [0.2, 0.25) is 5.88 Å². The van der Waals surface area contributed by atoms with E-state index in [9.17, 15) is 14.0 Å². The van der Waals surface area contributed by atoms with E-state index in [1.54, 1.807) is 24.4 Å². The summed E-state index contributed by atoms with van der Waals surface area (Å²) in [5, 5.41) is 0. The number of thioether (sulfide) groups is 1. The van der Waals surface area contributed by atoms with Crippen LogP contribution in [0.25, 0.3) is 11.7 Å². The second-order valence-corrected chi connectivity index (χ2v) is 9.05. The first-order valence-corrected chi connectivity index (χ1v) is 11.5. The highest BCUT2D eigenvalue weighted by molar-refractivity contribution is 8.26. The van der Waals surface area contributed by atoms with Crippen LogP contribution in [0.2, 0.25) is 0 Å². The third-order valence-electron chi connectivity index (χ3n) is 5.09. The Balaban J connectivity index is 1.56. The molecule has 6 nitrogen and oxygen atoms in total. The van der Waals surface area contributed by atoms with Crippen LogP contribution in [0.5, 0.6) is 11.6 Å². The number of hydrogen-bond acceptors (Lipinski definition) is 6. The Morgan fingerprint density at radius 2 is 1.74 bits per heavy atom. The third kappa shape index (κ3) is 4.35. The Morgan fingerprint density at radius 1 is 1.00 bits per heavy atom. The first-order chi connectivity index (χ1) is 16.5. The number of thiocarbonyl (C=S) groups is 1. The maximum atomic E-state index is 13.3. The highest BCUT2D eigenvalue weighted by Crippen LogP contribution is 2.35. The fourth-order valence-electron chi connectivity index (χ4n) is 3.43. The monoisotopic (exact) mass is 489 g/mol. The summed E-state index contributed by atoms with van der Waals surface area (Å²) in [5.41, 5.74) is 0.996. The number of aromatic nitrogens is 2. The van der Waals surface area contributed by atoms with Crippen molar-refractivity contribution in [2.24, 2.45) is 0 Å². The largest absolute Gasteiger partial charge is 0.438 e. The van der Waals surface area contributed by atoms with Crippen LogP contribution in [-0.2, 0) is 11.3 Å². The van der Waals surface area contributed by atoms with Gasteiger partial charge in [0, 0.05) is 6.20 Å². The van der Waals surface area contributed by atoms with Gasteiger partial charge in [0.05, 0.1) is 11.4 Å². The molecule has 2 aromatic carbocycles. The van der Waals surface area contributed by atoms with Crippen LogP contribution in [0.15, 0.2) is 88.7 Å². The summed E-state index contributed by atoms with van der Waals surface area (Å²) in [7, 11) is 0. The third-order valence-corrected chi connectivity index (χ3v) is 6.47. The van der Waals surface area contributed by atoms with E-state index in [0.717, 1.165) is 17.3 Å². The van der Waals surface area contributed by atoms with E-state index in [4.69, 9.17) is 17.0 Å². The molecule has 0 atom stereocenters. The molecule has 9 heteroatoms. The molecule has 0 N–H and O–H groups in total. The normalized spacial score (nSPS) is 14.9. The highest BCUT2D eigenvalue weighted by Gasteiger charge is 2.32. The standard InChI is InChI=1S/C25H16FN3O3S2/c26-17-9-11-18(12-10-17)32-22-19(23(30)28-13-5-4-8-21(28)27-22)14-20-24(31)29(25(33)34-20)15-16-6-2-1-3-7-16/h1-14H,15H2/b20-14+. The second-order valence-electron chi connectivity index (χ2n) is 7.37. The van der Waals surface area contributed by atoms with Crippen molar-refractivity contribution in [1.29, 1.82) is 0 Å². The zero-order chi connectivity index (χ0) is 23.7. The second kappa shape index (κ2) is 9.20. The predicted molar refractivity (Wildman–Crippen MR) is 133 cm³/mol. The minimum atomic E-state index is -0.416. The van der Waals surface area contributed by atoms with Crippen molar-refractivity contribution < 1.29 is 13.9 Å². The molecule has 0 radical (unpaired) electrons. The molecule has 1 aliphatic heterocycles. The molecule has 0 bridgehead atoms. The summed E-state index contributed by atoms with van der Waals surface area (Å²) in [5.74, 6) is -0.402. The number of fused-ring (bicyclic) bond motifs is 1. The zero-order valence-electron chi connectivity index (χ0n) is 17.6. The molecule has 0 spiro atoms. The van der Waals surface area contributed by atoms with Crippen molar-refractivity contribution >= 4 is 45.9 Å². The Kier molecular flexibility index (Phi) is 5.95. The van der Waals surface area contributed by atoms with E-state index < -0.39 is 11.4 Å². The average molecular weight is 490 g/mol. The van der Waals surface area contributed by atoms with E-state index in [-0.39, 0.29) is 17.4 Å². The maximum Gasteiger partial charge on any atom is 0.269 e. The van der Waals surface area contributed by atoms with Crippen molar-refractivity contribution in [2.45, 2.75) is 6.54 Å². The lowest BCUT2D eigenvalue weighted by atomic mass is 10.2. The summed E-state index contributed by atoms with van der Waals surface area (Å²) in [6, 6.07) is 20.0. The summed E-state index contributed by atoms with van der Waals surface area (Å²) < 4.78 is 20.9. The molecular formula is C25H16FN3O3S2. The lowest BCUT2D eigenvalue weighted by molar-refractivity contribution is -0.122. The van der Waals surface area contributed by atoms with Crippen LogP contribution >= 0.6 is 24.0 Å². The zero-order valence-corrected chi connectivity index (χ0v) is 19.2. The molecule has 1 aliphatic rings. The molecule has 3 heterocycles. The molecule has 34 heavy (non-hydrogen) atoms. The van der Waals surface area contributed by atoms with Crippen LogP contribution in [-0.4, -0.2) is 24.5 Å². The van der Waals surface area contributed by atoms with E-state index in [0.29, 0.717) is 27.2 Å². The number of hydrogen-bond donors (Lipinski definition) is 0. The van der Waals surface area contributed by atoms with Crippen molar-refractivity contribution in [3.63, 3.8) is 0 Å². The van der Waals surface area contributed by atoms with Gasteiger partial charge in [0.15, 0.2) is 0 Å². The molecule has 2 aromatic heterocycles. The van der Waals surface area contributed by atoms with E-state index in [1.807, 2.05) is 30.3 Å². The average Bonchev–Trinajstić information content (AvgIpc) is 3.11. The van der Waals surface area contributed by atoms with Gasteiger partial charge >= 0.3 is 0 Å². The number of carbonyl (C=O) groups excluding carboxylic acids is 1. The molecule has 168 valence electrons. The molecule has 1 saturated heterocycles. The number of ether oxygens (including phenoxy) is 1. The fourth-order valence-corrected chi connectivity index (χ4v) is 4.67. The minimum Gasteiger partial charge on any atom is -0.438 e. The maximum absolute atomic E-state index is 13.3. The first-order valence-electron chi connectivity index (χ1n) is 10.2. The summed E-state index contributed by atoms with van der Waals surface area (Å²) in [6.07, 6.45) is 3.04. The van der Waals surface area contributed by atoms with Crippen LogP contribution in [0.3, 0.4) is 0 Å². The van der Waals surface area contributed by atoms with Crippen molar-refractivity contribution in [1.82, 2.24) is 14.3 Å². The Labute approximate surface area is 203 Å². The highest BCUT2D eigenvalue weighted by atomic mass is 32.2. The number of halogens is 1. The number of amides is 1. The minimum absolute atomic E-state index is 0.0103. The van der Waals surface area contributed by atoms with Gasteiger partial charge in [0.1, 0.15) is 27.1 Å². The fraction of sp³-hybridized carbons (Fsp3) is 0.0400. The molecule has 5 rings (SSSR count). The molecule has 0 aliphatic carbocycles. The van der Waals surface area contributed by atoms with Crippen molar-refractivity contribution in [3.8, 4) is 11.6 Å². The Bertz CT molecular complexity index is 1500. The summed E-state index contributed by atoms with van der Waals surface area (Å²) in [4.78, 5) is 32.7. The van der Waals surface area contributed by atoms with Gasteiger partial charge in [-0.25, -0.2) is 4.39 Å². The lowest BCUT2D eigenvalue weighted by Crippen LogP contribution is -2.27. The number of carbonyl (C=O) groups is 1. The van der Waals surface area contributed by atoms with Gasteiger partial charge in [0.25, 0.3) is 11.5 Å². The van der Waals surface area contributed by atoms with Gasteiger partial charge in [-0.15, -0.1) is 0 Å². The molecular weight excluding hydrogens is 473 g/mol. The lowest BCUT2D eigenvalue weighted by Gasteiger charge is -2.14. The molecule has 4 aromatic rings. The quantitative estimate of drug-likeness (QED) is 0.290. The van der Waals surface area contributed by atoms with Gasteiger partial charge in [-0.3, -0.25) is 18.9 Å². The van der Waals surface area contributed by atoms with Crippen molar-refractivity contribution in [2.75, 3.05) is 0 Å². The first kappa shape index (κ1) is 22.0. The van der Waals surface area contributed by atoms with Gasteiger partial charge < -0.3 is 4.74 Å². The Morgan fingerprint density at radius 3 is 2.50 bits per heavy atom. The predicted octanol–water partition coefficient (Wildman–Crippen LogP) is 5.03. The van der Waals surface area contributed by atoms with Gasteiger partial charge in [-0.2, -0.15) is 4.98 Å². The van der Waals surface area contributed by atoms with E-state index in [1.165, 1.54) is 39.6 Å². The summed E-state index contributed by atoms with van der Waals surface area (Å²) in [6.45, 7) is 0.330. The van der Waals surface area contributed by atoms with Crippen LogP contribution < -0.4 is 10.3 Å². The van der Waals surface area contributed by atoms with Gasteiger partial charge in [-0.05, 0) is 48.0 Å². The summed E-state index contributed by atoms with van der Waals surface area (Å²) >= 11 is 6.55. The molecule has 1 fully saturated rings. The SMILES string of the molecule is O=C1/C(=C\c2c(Oc3ccc(F)cc3)nc3ccccn3c2=O)SC(=S)N1Cc1ccccc1. The molecule has 0 unspecified atom stereocenters. The topological polar surface area (TPSA) is 63.9 Å². The molecule has 0 saturated carbocycles. The van der Waals surface area contributed by atoms with Gasteiger partial charge in [-0.1, -0.05) is 60.4 Å². The van der Waals surface area contributed by atoms with Crippen LogP contribution in [0, 0.1) is 5.82 Å².